The fourth-order valence-corrected chi connectivity index (χ4v) is 3.98. The van der Waals surface area contributed by atoms with E-state index in [1.807, 2.05) is 22.4 Å². The molecule has 1 aromatic heterocycles. The maximum Gasteiger partial charge on any atom is 0.227 e. The van der Waals surface area contributed by atoms with E-state index in [1.54, 1.807) is 11.3 Å². The van der Waals surface area contributed by atoms with Crippen molar-refractivity contribution in [1.82, 2.24) is 9.80 Å². The van der Waals surface area contributed by atoms with E-state index in [-0.39, 0.29) is 11.3 Å². The Kier molecular flexibility index (Phi) is 4.10. The van der Waals surface area contributed by atoms with Crippen molar-refractivity contribution in [1.29, 1.82) is 0 Å². The molecule has 2 aliphatic heterocycles. The van der Waals surface area contributed by atoms with E-state index in [9.17, 15) is 4.79 Å². The highest BCUT2D eigenvalue weighted by Gasteiger charge is 2.40. The van der Waals surface area contributed by atoms with E-state index in [0.29, 0.717) is 13.0 Å². The summed E-state index contributed by atoms with van der Waals surface area (Å²) in [5, 5.41) is 2.03. The maximum absolute atomic E-state index is 12.5. The van der Waals surface area contributed by atoms with Crippen molar-refractivity contribution in [3.05, 3.63) is 22.4 Å². The molecule has 1 atom stereocenters. The van der Waals surface area contributed by atoms with Crippen LogP contribution in [0.5, 0.6) is 0 Å². The molecular formula is C15H22N2O2S. The number of rotatable bonds is 2. The van der Waals surface area contributed by atoms with Crippen molar-refractivity contribution >= 4 is 17.2 Å². The first-order valence-electron chi connectivity index (χ1n) is 7.23. The first kappa shape index (κ1) is 14.0. The summed E-state index contributed by atoms with van der Waals surface area (Å²) >= 11 is 1.66. The van der Waals surface area contributed by atoms with Crippen LogP contribution in [-0.4, -0.2) is 62.1 Å². The van der Waals surface area contributed by atoms with Crippen LogP contribution in [0.1, 0.15) is 11.3 Å². The van der Waals surface area contributed by atoms with Crippen LogP contribution in [0.4, 0.5) is 0 Å². The van der Waals surface area contributed by atoms with E-state index in [4.69, 9.17) is 4.74 Å². The van der Waals surface area contributed by atoms with Crippen molar-refractivity contribution in [2.24, 2.45) is 5.41 Å². The Morgan fingerprint density at radius 2 is 2.35 bits per heavy atom. The van der Waals surface area contributed by atoms with Crippen molar-refractivity contribution in [3.63, 3.8) is 0 Å². The lowest BCUT2D eigenvalue weighted by Gasteiger charge is -2.31. The highest BCUT2D eigenvalue weighted by atomic mass is 32.1. The second-order valence-electron chi connectivity index (χ2n) is 6.11. The summed E-state index contributed by atoms with van der Waals surface area (Å²) in [4.78, 5) is 18.0. The molecule has 0 N–H and O–H groups in total. The number of thiophene rings is 1. The van der Waals surface area contributed by atoms with Crippen LogP contribution in [0.25, 0.3) is 0 Å². The van der Waals surface area contributed by atoms with Gasteiger partial charge in [-0.15, -0.1) is 11.3 Å². The summed E-state index contributed by atoms with van der Waals surface area (Å²) in [6.07, 6.45) is 1.66. The molecule has 4 nitrogen and oxygen atoms in total. The van der Waals surface area contributed by atoms with Crippen molar-refractivity contribution in [2.45, 2.75) is 12.8 Å². The Hall–Kier alpha value is -0.910. The van der Waals surface area contributed by atoms with E-state index < -0.39 is 0 Å². The van der Waals surface area contributed by atoms with Gasteiger partial charge in [-0.05, 0) is 31.5 Å². The number of hydrogen-bond acceptors (Lipinski definition) is 4. The van der Waals surface area contributed by atoms with E-state index in [2.05, 4.69) is 11.9 Å². The molecule has 0 aliphatic carbocycles. The number of likely N-dealkylation sites (tertiary alicyclic amines) is 1. The van der Waals surface area contributed by atoms with Gasteiger partial charge in [0.2, 0.25) is 5.91 Å². The number of hydrogen-bond donors (Lipinski definition) is 0. The first-order chi connectivity index (χ1) is 9.67. The van der Waals surface area contributed by atoms with Gasteiger partial charge in [-0.3, -0.25) is 4.79 Å². The first-order valence-corrected chi connectivity index (χ1v) is 8.11. The highest BCUT2D eigenvalue weighted by molar-refractivity contribution is 7.10. The monoisotopic (exact) mass is 294 g/mol. The van der Waals surface area contributed by atoms with Gasteiger partial charge in [0, 0.05) is 29.9 Å². The van der Waals surface area contributed by atoms with Crippen LogP contribution in [0.2, 0.25) is 0 Å². The summed E-state index contributed by atoms with van der Waals surface area (Å²) in [6.45, 7) is 5.19. The summed E-state index contributed by atoms with van der Waals surface area (Å²) in [5.74, 6) is 0.242. The fourth-order valence-electron chi connectivity index (χ4n) is 3.29. The van der Waals surface area contributed by atoms with Crippen LogP contribution in [0, 0.1) is 5.41 Å². The lowest BCUT2D eigenvalue weighted by Crippen LogP contribution is -2.43. The molecule has 1 spiro atoms. The molecule has 5 heteroatoms. The maximum atomic E-state index is 12.5. The average Bonchev–Trinajstić information content (AvgIpc) is 2.98. The standard InChI is InChI=1S/C15H22N2O2S/c1-16-5-4-15(10-16)11-17(6-7-19-12-15)14(18)9-13-3-2-8-20-13/h2-3,8H,4-7,9-12H2,1H3. The highest BCUT2D eigenvalue weighted by Crippen LogP contribution is 2.32. The van der Waals surface area contributed by atoms with Crippen LogP contribution >= 0.6 is 11.3 Å². The van der Waals surface area contributed by atoms with E-state index in [1.165, 1.54) is 0 Å². The molecule has 2 fully saturated rings. The lowest BCUT2D eigenvalue weighted by molar-refractivity contribution is -0.131. The van der Waals surface area contributed by atoms with Crippen molar-refractivity contribution < 1.29 is 9.53 Å². The van der Waals surface area contributed by atoms with E-state index >= 15 is 0 Å². The molecule has 110 valence electrons. The topological polar surface area (TPSA) is 32.8 Å². The Bertz CT molecular complexity index is 462. The predicted molar refractivity (Wildman–Crippen MR) is 80.0 cm³/mol. The van der Waals surface area contributed by atoms with E-state index in [0.717, 1.165) is 44.1 Å². The van der Waals surface area contributed by atoms with Crippen LogP contribution < -0.4 is 0 Å². The molecule has 2 saturated heterocycles. The zero-order valence-corrected chi connectivity index (χ0v) is 12.8. The number of nitrogens with zero attached hydrogens (tertiary/aromatic N) is 2. The molecule has 0 aromatic carbocycles. The molecule has 0 saturated carbocycles. The molecule has 1 aromatic rings. The number of carbonyl (C=O) groups is 1. The molecule has 3 rings (SSSR count). The van der Waals surface area contributed by atoms with Gasteiger partial charge in [-0.2, -0.15) is 0 Å². The smallest absolute Gasteiger partial charge is 0.227 e. The van der Waals surface area contributed by atoms with Gasteiger partial charge in [-0.1, -0.05) is 6.07 Å². The zero-order valence-electron chi connectivity index (χ0n) is 12.0. The average molecular weight is 294 g/mol. The minimum Gasteiger partial charge on any atom is -0.379 e. The van der Waals surface area contributed by atoms with Crippen LogP contribution in [0.15, 0.2) is 17.5 Å². The van der Waals surface area contributed by atoms with Gasteiger partial charge >= 0.3 is 0 Å². The van der Waals surface area contributed by atoms with Gasteiger partial charge in [0.05, 0.1) is 19.6 Å². The largest absolute Gasteiger partial charge is 0.379 e. The molecule has 3 heterocycles. The quantitative estimate of drug-likeness (QED) is 0.828. The molecular weight excluding hydrogens is 272 g/mol. The predicted octanol–water partition coefficient (Wildman–Crippen LogP) is 1.47. The molecule has 0 bridgehead atoms. The number of amides is 1. The molecule has 20 heavy (non-hydrogen) atoms. The Morgan fingerprint density at radius 3 is 3.05 bits per heavy atom. The van der Waals surface area contributed by atoms with Crippen LogP contribution in [0.3, 0.4) is 0 Å². The third kappa shape index (κ3) is 3.05. The molecule has 1 unspecified atom stereocenters. The van der Waals surface area contributed by atoms with Crippen molar-refractivity contribution in [2.75, 3.05) is 46.4 Å². The Morgan fingerprint density at radius 1 is 1.45 bits per heavy atom. The summed E-state index contributed by atoms with van der Waals surface area (Å²) < 4.78 is 5.78. The van der Waals surface area contributed by atoms with Gasteiger partial charge in [0.1, 0.15) is 0 Å². The lowest BCUT2D eigenvalue weighted by atomic mass is 9.87. The van der Waals surface area contributed by atoms with Gasteiger partial charge in [-0.25, -0.2) is 0 Å². The second kappa shape index (κ2) is 5.84. The van der Waals surface area contributed by atoms with Gasteiger partial charge in [0.15, 0.2) is 0 Å². The fraction of sp³-hybridized carbons (Fsp3) is 0.667. The number of carbonyl (C=O) groups excluding carboxylic acids is 1. The van der Waals surface area contributed by atoms with Crippen LogP contribution in [-0.2, 0) is 16.0 Å². The molecule has 2 aliphatic rings. The minimum atomic E-state index is 0.149. The third-order valence-corrected chi connectivity index (χ3v) is 5.20. The summed E-state index contributed by atoms with van der Waals surface area (Å²) in [5.41, 5.74) is 0.149. The molecule has 0 radical (unpaired) electrons. The Balaban J connectivity index is 1.67. The molecule has 1 amide bonds. The summed E-state index contributed by atoms with van der Waals surface area (Å²) in [6, 6.07) is 4.04. The Labute approximate surface area is 124 Å². The van der Waals surface area contributed by atoms with Crippen molar-refractivity contribution in [3.8, 4) is 0 Å². The third-order valence-electron chi connectivity index (χ3n) is 4.33. The second-order valence-corrected chi connectivity index (χ2v) is 7.14. The normalized spacial score (nSPS) is 27.9. The number of ether oxygens (including phenoxy) is 1. The zero-order chi connectivity index (χ0) is 14.0. The minimum absolute atomic E-state index is 0.149. The van der Waals surface area contributed by atoms with Gasteiger partial charge in [0.25, 0.3) is 0 Å². The SMILES string of the molecule is CN1CCC2(COCCN(C(=O)Cc3cccs3)C2)C1. The summed E-state index contributed by atoms with van der Waals surface area (Å²) in [7, 11) is 2.15. The van der Waals surface area contributed by atoms with Gasteiger partial charge < -0.3 is 14.5 Å².